The summed E-state index contributed by atoms with van der Waals surface area (Å²) in [5.41, 5.74) is 2.59. The number of likely N-dealkylation sites (N-methyl/N-ethyl adjacent to an activating group) is 2. The van der Waals surface area contributed by atoms with Crippen molar-refractivity contribution in [1.29, 1.82) is 0 Å². The van der Waals surface area contributed by atoms with Gasteiger partial charge in [0.25, 0.3) is 5.91 Å². The van der Waals surface area contributed by atoms with E-state index < -0.39 is 17.5 Å². The predicted molar refractivity (Wildman–Crippen MR) is 150 cm³/mol. The Morgan fingerprint density at radius 1 is 0.892 bits per heavy atom. The first kappa shape index (κ1) is 27.7. The maximum absolute atomic E-state index is 13.4. The number of hydrogen-bond donors (Lipinski definition) is 2. The summed E-state index contributed by atoms with van der Waals surface area (Å²) < 4.78 is 5.58. The number of aromatic hydroxyl groups is 1. The average Bonchev–Trinajstić information content (AvgIpc) is 2.84. The first-order valence-electron chi connectivity index (χ1n) is 12.5. The lowest BCUT2D eigenvalue weighted by molar-refractivity contribution is 0.00707. The van der Waals surface area contributed by atoms with Gasteiger partial charge in [-0.25, -0.2) is 4.79 Å². The van der Waals surface area contributed by atoms with Crippen molar-refractivity contribution in [3.05, 3.63) is 77.9 Å². The van der Waals surface area contributed by atoms with Crippen LogP contribution >= 0.6 is 0 Å². The second-order valence-electron chi connectivity index (χ2n) is 10.2. The van der Waals surface area contributed by atoms with Crippen LogP contribution in [0.2, 0.25) is 0 Å². The molecule has 7 heteroatoms. The predicted octanol–water partition coefficient (Wildman–Crippen LogP) is 5.65. The summed E-state index contributed by atoms with van der Waals surface area (Å²) in [6.07, 6.45) is 0. The third-order valence-electron chi connectivity index (χ3n) is 5.78. The van der Waals surface area contributed by atoms with Gasteiger partial charge in [0.05, 0.1) is 16.8 Å². The highest BCUT2D eigenvalue weighted by Crippen LogP contribution is 2.30. The molecule has 7 nitrogen and oxygen atoms in total. The lowest BCUT2D eigenvalue weighted by Gasteiger charge is -2.25. The first-order chi connectivity index (χ1) is 17.5. The van der Waals surface area contributed by atoms with E-state index in [-0.39, 0.29) is 16.9 Å². The molecule has 0 aromatic heterocycles. The van der Waals surface area contributed by atoms with Crippen molar-refractivity contribution in [1.82, 2.24) is 4.90 Å². The van der Waals surface area contributed by atoms with Crippen LogP contribution < -0.4 is 10.2 Å². The smallest absolute Gasteiger partial charge is 0.340 e. The van der Waals surface area contributed by atoms with Gasteiger partial charge in [0.2, 0.25) is 0 Å². The summed E-state index contributed by atoms with van der Waals surface area (Å²) in [7, 11) is 4.02. The Balaban J connectivity index is 1.98. The molecule has 0 radical (unpaired) electrons. The Morgan fingerprint density at radius 3 is 2.22 bits per heavy atom. The van der Waals surface area contributed by atoms with Crippen LogP contribution in [-0.2, 0) is 4.74 Å². The summed E-state index contributed by atoms with van der Waals surface area (Å²) >= 11 is 0. The normalized spacial score (nSPS) is 11.3. The van der Waals surface area contributed by atoms with Gasteiger partial charge in [0.15, 0.2) is 0 Å². The second kappa shape index (κ2) is 11.9. The molecule has 0 heterocycles. The summed E-state index contributed by atoms with van der Waals surface area (Å²) in [4.78, 5) is 30.6. The van der Waals surface area contributed by atoms with E-state index >= 15 is 0 Å². The molecule has 3 rings (SSSR count). The van der Waals surface area contributed by atoms with Crippen LogP contribution in [0.15, 0.2) is 66.7 Å². The minimum absolute atomic E-state index is 0.126. The molecule has 0 saturated carbocycles. The number of carbonyl (C=O) groups is 2. The summed E-state index contributed by atoms with van der Waals surface area (Å²) in [6, 6.07) is 19.9. The third-order valence-corrected chi connectivity index (χ3v) is 5.78. The van der Waals surface area contributed by atoms with Gasteiger partial charge in [-0.05, 0) is 83.2 Å². The van der Waals surface area contributed by atoms with Crippen LogP contribution in [0.1, 0.15) is 48.4 Å². The molecule has 0 spiro atoms. The van der Waals surface area contributed by atoms with Gasteiger partial charge in [-0.15, -0.1) is 0 Å². The summed E-state index contributed by atoms with van der Waals surface area (Å²) in [6.45, 7) is 9.80. The van der Waals surface area contributed by atoms with Crippen molar-refractivity contribution in [2.75, 3.05) is 43.9 Å². The fourth-order valence-electron chi connectivity index (χ4n) is 3.85. The largest absolute Gasteiger partial charge is 0.507 e. The Bertz CT molecular complexity index is 1230. The molecule has 3 aromatic rings. The quantitative estimate of drug-likeness (QED) is 0.367. The van der Waals surface area contributed by atoms with Gasteiger partial charge in [0.1, 0.15) is 11.4 Å². The lowest BCUT2D eigenvalue weighted by atomic mass is 10.0. The van der Waals surface area contributed by atoms with Gasteiger partial charge >= 0.3 is 5.97 Å². The number of nitrogens with zero attached hydrogens (tertiary/aromatic N) is 2. The van der Waals surface area contributed by atoms with E-state index in [0.29, 0.717) is 5.69 Å². The Kier molecular flexibility index (Phi) is 8.95. The van der Waals surface area contributed by atoms with Gasteiger partial charge in [-0.2, -0.15) is 0 Å². The van der Waals surface area contributed by atoms with Crippen LogP contribution in [0.5, 0.6) is 5.75 Å². The van der Waals surface area contributed by atoms with E-state index in [0.717, 1.165) is 36.4 Å². The van der Waals surface area contributed by atoms with Crippen LogP contribution in [-0.4, -0.2) is 61.2 Å². The maximum atomic E-state index is 13.4. The zero-order valence-electron chi connectivity index (χ0n) is 22.5. The van der Waals surface area contributed by atoms with Crippen LogP contribution in [0.4, 0.5) is 11.4 Å². The Labute approximate surface area is 219 Å². The number of ether oxygens (including phenoxy) is 1. The number of hydrogen-bond acceptors (Lipinski definition) is 6. The van der Waals surface area contributed by atoms with Crippen molar-refractivity contribution in [3.63, 3.8) is 0 Å². The molecule has 0 aliphatic rings. The van der Waals surface area contributed by atoms with Crippen molar-refractivity contribution in [2.45, 2.75) is 33.3 Å². The summed E-state index contributed by atoms with van der Waals surface area (Å²) in [5, 5.41) is 13.4. The topological polar surface area (TPSA) is 82.1 Å². The molecule has 0 bridgehead atoms. The van der Waals surface area contributed by atoms with E-state index in [4.69, 9.17) is 4.74 Å². The molecule has 1 amide bonds. The van der Waals surface area contributed by atoms with Crippen molar-refractivity contribution in [3.8, 4) is 16.9 Å². The van der Waals surface area contributed by atoms with Crippen LogP contribution in [0.25, 0.3) is 11.1 Å². The van der Waals surface area contributed by atoms with Gasteiger partial charge in [0, 0.05) is 25.3 Å². The maximum Gasteiger partial charge on any atom is 0.340 e. The molecule has 196 valence electrons. The molecule has 37 heavy (non-hydrogen) atoms. The van der Waals surface area contributed by atoms with E-state index in [1.807, 2.05) is 57.4 Å². The molecular formula is C30H37N3O4. The van der Waals surface area contributed by atoms with Crippen LogP contribution in [0.3, 0.4) is 0 Å². The standard InChI is InChI=1S/C30H37N3O4/c1-7-33(18-17-32(5)6)23-14-16-27(34)25(20-23)28(35)31-26-19-22(21-11-9-8-10-12-21)13-15-24(26)29(36)37-30(2,3)4/h8-16,19-20,34H,7,17-18H2,1-6H3,(H,31,35). The van der Waals surface area contributed by atoms with Gasteiger partial charge in [-0.3, -0.25) is 4.79 Å². The highest BCUT2D eigenvalue weighted by atomic mass is 16.6. The number of phenols is 1. The molecular weight excluding hydrogens is 466 g/mol. The van der Waals surface area contributed by atoms with E-state index in [1.165, 1.54) is 6.07 Å². The average molecular weight is 504 g/mol. The van der Waals surface area contributed by atoms with Crippen molar-refractivity contribution < 1.29 is 19.4 Å². The molecule has 2 N–H and O–H groups in total. The molecule has 0 unspecified atom stereocenters. The number of nitrogens with one attached hydrogen (secondary N) is 1. The molecule has 0 aliphatic heterocycles. The van der Waals surface area contributed by atoms with Gasteiger partial charge in [-0.1, -0.05) is 36.4 Å². The lowest BCUT2D eigenvalue weighted by Crippen LogP contribution is -2.31. The van der Waals surface area contributed by atoms with Crippen molar-refractivity contribution >= 4 is 23.3 Å². The molecule has 0 aliphatic carbocycles. The molecule has 0 fully saturated rings. The molecule has 0 atom stereocenters. The number of rotatable bonds is 9. The third kappa shape index (κ3) is 7.57. The second-order valence-corrected chi connectivity index (χ2v) is 10.2. The first-order valence-corrected chi connectivity index (χ1v) is 12.5. The summed E-state index contributed by atoms with van der Waals surface area (Å²) in [5.74, 6) is -1.19. The number of amides is 1. The zero-order chi connectivity index (χ0) is 27.2. The minimum Gasteiger partial charge on any atom is -0.507 e. The fraction of sp³-hybridized carbons (Fsp3) is 0.333. The zero-order valence-corrected chi connectivity index (χ0v) is 22.5. The minimum atomic E-state index is -0.695. The highest BCUT2D eigenvalue weighted by Gasteiger charge is 2.23. The fourth-order valence-corrected chi connectivity index (χ4v) is 3.85. The number of benzene rings is 3. The monoisotopic (exact) mass is 503 g/mol. The number of esters is 1. The number of phenolic OH excluding ortho intramolecular Hbond substituents is 1. The SMILES string of the molecule is CCN(CCN(C)C)c1ccc(O)c(C(=O)Nc2cc(-c3ccccc3)ccc2C(=O)OC(C)(C)C)c1. The van der Waals surface area contributed by atoms with Gasteiger partial charge < -0.3 is 25.0 Å². The number of carbonyl (C=O) groups excluding carboxylic acids is 2. The Hall–Kier alpha value is -3.84. The highest BCUT2D eigenvalue weighted by molar-refractivity contribution is 6.10. The van der Waals surface area contributed by atoms with E-state index in [2.05, 4.69) is 15.1 Å². The molecule has 0 saturated heterocycles. The van der Waals surface area contributed by atoms with Crippen molar-refractivity contribution in [2.24, 2.45) is 0 Å². The van der Waals surface area contributed by atoms with E-state index in [1.54, 1.807) is 45.0 Å². The van der Waals surface area contributed by atoms with E-state index in [9.17, 15) is 14.7 Å². The van der Waals surface area contributed by atoms with Crippen LogP contribution in [0, 0.1) is 0 Å². The Morgan fingerprint density at radius 2 is 1.59 bits per heavy atom. The molecule has 3 aromatic carbocycles. The number of anilines is 2.